The van der Waals surface area contributed by atoms with Gasteiger partial charge in [0.1, 0.15) is 11.9 Å². The number of pyridine rings is 1. The Balaban J connectivity index is 1.73. The summed E-state index contributed by atoms with van der Waals surface area (Å²) in [6, 6.07) is 10.9. The Kier molecular flexibility index (Phi) is 4.30. The minimum atomic E-state index is -4.34. The van der Waals surface area contributed by atoms with Crippen LogP contribution in [0.2, 0.25) is 0 Å². The Labute approximate surface area is 137 Å². The van der Waals surface area contributed by atoms with Gasteiger partial charge < -0.3 is 9.80 Å². The molecule has 4 nitrogen and oxygen atoms in total. The van der Waals surface area contributed by atoms with Crippen LogP contribution in [0.5, 0.6) is 0 Å². The van der Waals surface area contributed by atoms with Crippen LogP contribution in [0.25, 0.3) is 0 Å². The van der Waals surface area contributed by atoms with Crippen LogP contribution in [0.4, 0.5) is 24.7 Å². The van der Waals surface area contributed by atoms with Gasteiger partial charge in [-0.1, -0.05) is 6.07 Å². The molecule has 0 unspecified atom stereocenters. The van der Waals surface area contributed by atoms with Gasteiger partial charge in [-0.15, -0.1) is 0 Å². The molecule has 0 saturated carbocycles. The van der Waals surface area contributed by atoms with E-state index >= 15 is 0 Å². The SMILES string of the molecule is N#Cc1cccnc1N1CCN(c2cccc(C(F)(F)F)c2)CC1. The van der Waals surface area contributed by atoms with E-state index in [1.165, 1.54) is 12.1 Å². The minimum Gasteiger partial charge on any atom is -0.368 e. The van der Waals surface area contributed by atoms with Crippen molar-refractivity contribution in [2.75, 3.05) is 36.0 Å². The second-order valence-corrected chi connectivity index (χ2v) is 5.51. The normalized spacial score (nSPS) is 15.2. The zero-order valence-corrected chi connectivity index (χ0v) is 12.8. The van der Waals surface area contributed by atoms with Gasteiger partial charge in [-0.3, -0.25) is 0 Å². The van der Waals surface area contributed by atoms with Crippen molar-refractivity contribution in [1.82, 2.24) is 4.98 Å². The molecule has 2 heterocycles. The summed E-state index contributed by atoms with van der Waals surface area (Å²) < 4.78 is 38.5. The third kappa shape index (κ3) is 3.27. The minimum absolute atomic E-state index is 0.505. The first-order valence-electron chi connectivity index (χ1n) is 7.51. The van der Waals surface area contributed by atoms with Crippen molar-refractivity contribution in [3.63, 3.8) is 0 Å². The Morgan fingerprint density at radius 2 is 1.71 bits per heavy atom. The first-order valence-corrected chi connectivity index (χ1v) is 7.51. The highest BCUT2D eigenvalue weighted by Crippen LogP contribution is 2.32. The third-order valence-electron chi connectivity index (χ3n) is 4.02. The number of hydrogen-bond donors (Lipinski definition) is 0. The van der Waals surface area contributed by atoms with E-state index in [0.717, 1.165) is 6.07 Å². The summed E-state index contributed by atoms with van der Waals surface area (Å²) >= 11 is 0. The van der Waals surface area contributed by atoms with E-state index in [4.69, 9.17) is 5.26 Å². The van der Waals surface area contributed by atoms with Gasteiger partial charge in [-0.05, 0) is 30.3 Å². The van der Waals surface area contributed by atoms with Crippen molar-refractivity contribution >= 4 is 11.5 Å². The fourth-order valence-electron chi connectivity index (χ4n) is 2.79. The fourth-order valence-corrected chi connectivity index (χ4v) is 2.79. The van der Waals surface area contributed by atoms with Gasteiger partial charge in [0.2, 0.25) is 0 Å². The Morgan fingerprint density at radius 1 is 1.00 bits per heavy atom. The number of anilines is 2. The first kappa shape index (κ1) is 16.1. The van der Waals surface area contributed by atoms with Crippen LogP contribution < -0.4 is 9.80 Å². The van der Waals surface area contributed by atoms with E-state index in [1.807, 2.05) is 9.80 Å². The monoisotopic (exact) mass is 332 g/mol. The van der Waals surface area contributed by atoms with Crippen LogP contribution in [-0.2, 0) is 6.18 Å². The highest BCUT2D eigenvalue weighted by Gasteiger charge is 2.31. The number of rotatable bonds is 2. The first-order chi connectivity index (χ1) is 11.5. The average Bonchev–Trinajstić information content (AvgIpc) is 2.61. The van der Waals surface area contributed by atoms with Gasteiger partial charge >= 0.3 is 6.18 Å². The Hall–Kier alpha value is -2.75. The van der Waals surface area contributed by atoms with Crippen LogP contribution in [0.1, 0.15) is 11.1 Å². The number of nitriles is 1. The molecular weight excluding hydrogens is 317 g/mol. The molecule has 1 aromatic heterocycles. The Bertz CT molecular complexity index is 759. The molecule has 24 heavy (non-hydrogen) atoms. The molecule has 1 saturated heterocycles. The van der Waals surface area contributed by atoms with Crippen molar-refractivity contribution in [3.8, 4) is 6.07 Å². The van der Waals surface area contributed by atoms with Crippen molar-refractivity contribution in [2.24, 2.45) is 0 Å². The molecule has 0 amide bonds. The number of hydrogen-bond acceptors (Lipinski definition) is 4. The van der Waals surface area contributed by atoms with Crippen molar-refractivity contribution in [1.29, 1.82) is 5.26 Å². The van der Waals surface area contributed by atoms with Crippen molar-refractivity contribution in [3.05, 3.63) is 53.7 Å². The van der Waals surface area contributed by atoms with E-state index in [2.05, 4.69) is 11.1 Å². The molecule has 0 spiro atoms. The molecule has 124 valence electrons. The lowest BCUT2D eigenvalue weighted by molar-refractivity contribution is -0.137. The maximum absolute atomic E-state index is 12.8. The predicted molar refractivity (Wildman–Crippen MR) is 84.8 cm³/mol. The maximum atomic E-state index is 12.8. The topological polar surface area (TPSA) is 43.2 Å². The molecule has 0 atom stereocenters. The summed E-state index contributed by atoms with van der Waals surface area (Å²) in [6.45, 7) is 2.34. The van der Waals surface area contributed by atoms with Gasteiger partial charge in [0.05, 0.1) is 11.1 Å². The molecular formula is C17H15F3N4. The van der Waals surface area contributed by atoms with Crippen LogP contribution >= 0.6 is 0 Å². The van der Waals surface area contributed by atoms with E-state index in [9.17, 15) is 13.2 Å². The fraction of sp³-hybridized carbons (Fsp3) is 0.294. The molecule has 1 aliphatic rings. The van der Waals surface area contributed by atoms with Gasteiger partial charge in [0, 0.05) is 38.1 Å². The van der Waals surface area contributed by atoms with E-state index in [0.29, 0.717) is 43.2 Å². The number of aromatic nitrogens is 1. The number of piperazine rings is 1. The van der Waals surface area contributed by atoms with E-state index in [-0.39, 0.29) is 0 Å². The highest BCUT2D eigenvalue weighted by molar-refractivity contribution is 5.56. The van der Waals surface area contributed by atoms with Crippen LogP contribution in [0.15, 0.2) is 42.6 Å². The number of nitrogens with zero attached hydrogens (tertiary/aromatic N) is 4. The van der Waals surface area contributed by atoms with Gasteiger partial charge in [-0.25, -0.2) is 4.98 Å². The van der Waals surface area contributed by atoms with Gasteiger partial charge in [0.25, 0.3) is 0 Å². The predicted octanol–water partition coefficient (Wildman–Crippen LogP) is 3.30. The van der Waals surface area contributed by atoms with Crippen molar-refractivity contribution < 1.29 is 13.2 Å². The summed E-state index contributed by atoms with van der Waals surface area (Å²) in [4.78, 5) is 8.16. The van der Waals surface area contributed by atoms with Crippen molar-refractivity contribution in [2.45, 2.75) is 6.18 Å². The lowest BCUT2D eigenvalue weighted by atomic mass is 10.1. The summed E-state index contributed by atoms with van der Waals surface area (Å²) in [5.74, 6) is 0.628. The maximum Gasteiger partial charge on any atom is 0.416 e. The largest absolute Gasteiger partial charge is 0.416 e. The zero-order chi connectivity index (χ0) is 17.2. The highest BCUT2D eigenvalue weighted by atomic mass is 19.4. The molecule has 3 rings (SSSR count). The lowest BCUT2D eigenvalue weighted by Gasteiger charge is -2.37. The molecule has 1 aliphatic heterocycles. The molecule has 0 radical (unpaired) electrons. The molecule has 7 heteroatoms. The number of alkyl halides is 3. The lowest BCUT2D eigenvalue weighted by Crippen LogP contribution is -2.47. The summed E-state index contributed by atoms with van der Waals surface area (Å²) in [6.07, 6.45) is -2.71. The average molecular weight is 332 g/mol. The van der Waals surface area contributed by atoms with Crippen LogP contribution in [0, 0.1) is 11.3 Å². The molecule has 1 fully saturated rings. The number of benzene rings is 1. The quantitative estimate of drug-likeness (QED) is 0.846. The van der Waals surface area contributed by atoms with Crippen LogP contribution in [-0.4, -0.2) is 31.2 Å². The number of halogens is 3. The third-order valence-corrected chi connectivity index (χ3v) is 4.02. The van der Waals surface area contributed by atoms with Gasteiger partial charge in [0.15, 0.2) is 0 Å². The standard InChI is InChI=1S/C17H15F3N4/c18-17(19,20)14-4-1-5-15(11-14)23-7-9-24(10-8-23)16-13(12-21)3-2-6-22-16/h1-6,11H,7-10H2. The smallest absolute Gasteiger partial charge is 0.368 e. The van der Waals surface area contributed by atoms with Gasteiger partial charge in [-0.2, -0.15) is 18.4 Å². The Morgan fingerprint density at radius 3 is 2.38 bits per heavy atom. The second-order valence-electron chi connectivity index (χ2n) is 5.51. The molecule has 2 aromatic rings. The van der Waals surface area contributed by atoms with E-state index < -0.39 is 11.7 Å². The summed E-state index contributed by atoms with van der Waals surface area (Å²) in [7, 11) is 0. The summed E-state index contributed by atoms with van der Waals surface area (Å²) in [5, 5.41) is 9.15. The molecule has 0 N–H and O–H groups in total. The second kappa shape index (κ2) is 6.40. The molecule has 1 aromatic carbocycles. The molecule has 0 bridgehead atoms. The zero-order valence-electron chi connectivity index (χ0n) is 12.8. The van der Waals surface area contributed by atoms with E-state index in [1.54, 1.807) is 24.4 Å². The summed E-state index contributed by atoms with van der Waals surface area (Å²) in [5.41, 5.74) is 0.426. The van der Waals surface area contributed by atoms with Crippen LogP contribution in [0.3, 0.4) is 0 Å². The molecule has 0 aliphatic carbocycles.